The Morgan fingerprint density at radius 3 is 2.55 bits per heavy atom. The molecule has 0 bridgehead atoms. The summed E-state index contributed by atoms with van der Waals surface area (Å²) in [4.78, 5) is 12.1. The van der Waals surface area contributed by atoms with Crippen LogP contribution in [-0.4, -0.2) is 36.7 Å². The molecule has 0 aliphatic carbocycles. The first kappa shape index (κ1) is 20.7. The number of fused-ring (bicyclic) bond motifs is 1. The Morgan fingerprint density at radius 1 is 1.06 bits per heavy atom. The van der Waals surface area contributed by atoms with E-state index in [4.69, 9.17) is 4.74 Å². The number of hydrogen-bond acceptors (Lipinski definition) is 6. The Labute approximate surface area is 180 Å². The van der Waals surface area contributed by atoms with E-state index in [-0.39, 0.29) is 6.04 Å². The molecule has 0 fully saturated rings. The molecule has 4 rings (SSSR count). The second-order valence-electron chi connectivity index (χ2n) is 7.23. The minimum Gasteiger partial charge on any atom is -0.496 e. The Bertz CT molecular complexity index is 1320. The lowest BCUT2D eigenvalue weighted by atomic mass is 10.1. The van der Waals surface area contributed by atoms with Gasteiger partial charge in [-0.25, -0.2) is 18.4 Å². The molecule has 8 nitrogen and oxygen atoms in total. The summed E-state index contributed by atoms with van der Waals surface area (Å²) in [5, 5.41) is 4.30. The van der Waals surface area contributed by atoms with Gasteiger partial charge in [-0.1, -0.05) is 30.3 Å². The number of ether oxygens (including phenoxy) is 1. The molecule has 0 saturated heterocycles. The van der Waals surface area contributed by atoms with Crippen LogP contribution in [0.4, 0.5) is 11.5 Å². The summed E-state index contributed by atoms with van der Waals surface area (Å²) in [6.07, 6.45) is 2.62. The summed E-state index contributed by atoms with van der Waals surface area (Å²) in [5.41, 5.74) is 3.84. The van der Waals surface area contributed by atoms with Crippen molar-refractivity contribution in [1.82, 2.24) is 15.0 Å². The number of sulfonamides is 1. The maximum atomic E-state index is 11.5. The van der Waals surface area contributed by atoms with Crippen LogP contribution in [-0.2, 0) is 10.0 Å². The molecule has 0 radical (unpaired) electrons. The number of rotatable bonds is 7. The van der Waals surface area contributed by atoms with Crippen molar-refractivity contribution >= 4 is 32.6 Å². The van der Waals surface area contributed by atoms with Crippen molar-refractivity contribution in [1.29, 1.82) is 0 Å². The van der Waals surface area contributed by atoms with Gasteiger partial charge in [0.05, 0.1) is 30.1 Å². The van der Waals surface area contributed by atoms with E-state index in [0.717, 1.165) is 34.3 Å². The molecular formula is C22H23N5O3S. The molecule has 2 aromatic carbocycles. The van der Waals surface area contributed by atoms with Crippen LogP contribution < -0.4 is 14.8 Å². The number of anilines is 2. The van der Waals surface area contributed by atoms with Crippen molar-refractivity contribution in [2.45, 2.75) is 13.0 Å². The third-order valence-electron chi connectivity index (χ3n) is 4.87. The van der Waals surface area contributed by atoms with Crippen molar-refractivity contribution in [3.05, 3.63) is 66.5 Å². The van der Waals surface area contributed by atoms with Gasteiger partial charge in [-0.15, -0.1) is 0 Å². The lowest BCUT2D eigenvalue weighted by Gasteiger charge is -2.15. The number of benzene rings is 2. The molecule has 0 aliphatic heterocycles. The predicted octanol–water partition coefficient (Wildman–Crippen LogP) is 4.18. The molecule has 2 aromatic heterocycles. The van der Waals surface area contributed by atoms with Gasteiger partial charge >= 0.3 is 0 Å². The summed E-state index contributed by atoms with van der Waals surface area (Å²) in [7, 11) is -1.84. The molecule has 4 aromatic rings. The Kier molecular flexibility index (Phi) is 5.51. The van der Waals surface area contributed by atoms with E-state index < -0.39 is 10.0 Å². The van der Waals surface area contributed by atoms with Crippen LogP contribution in [0.25, 0.3) is 22.3 Å². The number of aromatic amines is 1. The third kappa shape index (κ3) is 4.61. The van der Waals surface area contributed by atoms with Gasteiger partial charge < -0.3 is 15.0 Å². The van der Waals surface area contributed by atoms with Crippen molar-refractivity contribution in [3.8, 4) is 17.0 Å². The minimum absolute atomic E-state index is 0.0635. The molecule has 3 N–H and O–H groups in total. The summed E-state index contributed by atoms with van der Waals surface area (Å²) in [6, 6.07) is 17.3. The lowest BCUT2D eigenvalue weighted by Crippen LogP contribution is -2.09. The highest BCUT2D eigenvalue weighted by atomic mass is 32.2. The van der Waals surface area contributed by atoms with E-state index in [1.165, 1.54) is 6.33 Å². The first-order valence-electron chi connectivity index (χ1n) is 9.65. The van der Waals surface area contributed by atoms with Crippen LogP contribution in [0, 0.1) is 0 Å². The van der Waals surface area contributed by atoms with Gasteiger partial charge in [0.1, 0.15) is 23.5 Å². The average molecular weight is 438 g/mol. The van der Waals surface area contributed by atoms with Crippen LogP contribution in [0.3, 0.4) is 0 Å². The van der Waals surface area contributed by atoms with Gasteiger partial charge in [0.2, 0.25) is 10.0 Å². The van der Waals surface area contributed by atoms with Gasteiger partial charge in [0.25, 0.3) is 0 Å². The standard InChI is InChI=1S/C22H23N5O3S/c1-14(15-7-5-4-6-8-15)25-21-18-12-19(26-22(18)24-13-23-21)17-10-9-16(11-20(17)30-2)27-31(3,28)29/h4-14,27H,1-3H3,(H2,23,24,25,26)/t14-/m1/s1. The molecule has 31 heavy (non-hydrogen) atoms. The molecule has 9 heteroatoms. The normalized spacial score (nSPS) is 12.5. The fraction of sp³-hybridized carbons (Fsp3) is 0.182. The number of H-pyrrole nitrogens is 1. The summed E-state index contributed by atoms with van der Waals surface area (Å²) >= 11 is 0. The van der Waals surface area contributed by atoms with Crippen LogP contribution in [0.1, 0.15) is 18.5 Å². The fourth-order valence-corrected chi connectivity index (χ4v) is 3.98. The highest BCUT2D eigenvalue weighted by molar-refractivity contribution is 7.92. The highest BCUT2D eigenvalue weighted by Crippen LogP contribution is 2.35. The van der Waals surface area contributed by atoms with E-state index in [9.17, 15) is 8.42 Å². The topological polar surface area (TPSA) is 109 Å². The zero-order valence-electron chi connectivity index (χ0n) is 17.4. The van der Waals surface area contributed by atoms with Crippen LogP contribution in [0.2, 0.25) is 0 Å². The first-order valence-corrected chi connectivity index (χ1v) is 11.5. The largest absolute Gasteiger partial charge is 0.496 e. The van der Waals surface area contributed by atoms with Crippen LogP contribution in [0.5, 0.6) is 5.75 Å². The minimum atomic E-state index is -3.38. The quantitative estimate of drug-likeness (QED) is 0.400. The first-order chi connectivity index (χ1) is 14.8. The Hall–Kier alpha value is -3.59. The van der Waals surface area contributed by atoms with Crippen LogP contribution >= 0.6 is 0 Å². The zero-order chi connectivity index (χ0) is 22.0. The summed E-state index contributed by atoms with van der Waals surface area (Å²) in [6.45, 7) is 2.08. The molecule has 0 spiro atoms. The SMILES string of the molecule is COc1cc(NS(C)(=O)=O)ccc1-c1cc2c(N[C@H](C)c3ccccc3)ncnc2[nH]1. The molecule has 0 unspecified atom stereocenters. The molecule has 160 valence electrons. The molecular weight excluding hydrogens is 414 g/mol. The predicted molar refractivity (Wildman–Crippen MR) is 123 cm³/mol. The second kappa shape index (κ2) is 8.27. The number of nitrogens with zero attached hydrogens (tertiary/aromatic N) is 2. The van der Waals surface area contributed by atoms with E-state index in [1.54, 1.807) is 25.3 Å². The number of nitrogens with one attached hydrogen (secondary N) is 3. The van der Waals surface area contributed by atoms with E-state index >= 15 is 0 Å². The van der Waals surface area contributed by atoms with Crippen LogP contribution in [0.15, 0.2) is 60.9 Å². The lowest BCUT2D eigenvalue weighted by molar-refractivity contribution is 0.416. The highest BCUT2D eigenvalue weighted by Gasteiger charge is 2.15. The van der Waals surface area contributed by atoms with E-state index in [2.05, 4.69) is 44.0 Å². The average Bonchev–Trinajstić information content (AvgIpc) is 3.18. The van der Waals surface area contributed by atoms with E-state index in [0.29, 0.717) is 17.1 Å². The fourth-order valence-electron chi connectivity index (χ4n) is 3.42. The second-order valence-corrected chi connectivity index (χ2v) is 8.98. The number of methoxy groups -OCH3 is 1. The molecule has 0 aliphatic rings. The smallest absolute Gasteiger partial charge is 0.229 e. The van der Waals surface area contributed by atoms with Crippen molar-refractivity contribution in [3.63, 3.8) is 0 Å². The summed E-state index contributed by atoms with van der Waals surface area (Å²) in [5.74, 6) is 1.25. The molecule has 0 amide bonds. The maximum absolute atomic E-state index is 11.5. The number of aromatic nitrogens is 3. The molecule has 2 heterocycles. The Balaban J connectivity index is 1.69. The van der Waals surface area contributed by atoms with Crippen molar-refractivity contribution < 1.29 is 13.2 Å². The van der Waals surface area contributed by atoms with Gasteiger partial charge in [-0.3, -0.25) is 4.72 Å². The monoisotopic (exact) mass is 437 g/mol. The number of hydrogen-bond donors (Lipinski definition) is 3. The van der Waals surface area contributed by atoms with Crippen molar-refractivity contribution in [2.24, 2.45) is 0 Å². The van der Waals surface area contributed by atoms with Crippen molar-refractivity contribution in [2.75, 3.05) is 23.4 Å². The van der Waals surface area contributed by atoms with Gasteiger partial charge in [0.15, 0.2) is 0 Å². The van der Waals surface area contributed by atoms with E-state index in [1.807, 2.05) is 24.3 Å². The molecule has 0 saturated carbocycles. The van der Waals surface area contributed by atoms with Gasteiger partial charge in [-0.05, 0) is 30.7 Å². The van der Waals surface area contributed by atoms with Gasteiger partial charge in [0, 0.05) is 17.7 Å². The molecule has 1 atom stereocenters. The maximum Gasteiger partial charge on any atom is 0.229 e. The Morgan fingerprint density at radius 2 is 1.84 bits per heavy atom. The third-order valence-corrected chi connectivity index (χ3v) is 5.48. The zero-order valence-corrected chi connectivity index (χ0v) is 18.2. The summed E-state index contributed by atoms with van der Waals surface area (Å²) < 4.78 is 31.0. The van der Waals surface area contributed by atoms with Gasteiger partial charge in [-0.2, -0.15) is 0 Å².